The molecular formula is C33H33N3O8. The number of amides is 1. The third-order valence-electron chi connectivity index (χ3n) is 9.00. The molecule has 0 aliphatic heterocycles. The van der Waals surface area contributed by atoms with Gasteiger partial charge in [0, 0.05) is 23.6 Å². The molecule has 1 unspecified atom stereocenters. The van der Waals surface area contributed by atoms with Crippen LogP contribution < -0.4 is 11.1 Å². The standard InChI is InChI=1S/C33H33N3O8/c1-36(2)27-21-13-17-12-20-19(23-11-8-18(44-23)15-35-14-16-6-4-3-5-7-16)9-10-22(37)25(20)28(38)24(17)30(40)33(21,43)31(41)26(29(27)39)32(34)42/h3-11,17,21,27,35,37,39-40,43H,12-15H2,1-2H3,(H2,34,42)/t17-,21+,27?,33+/m0/s1. The molecule has 6 rings (SSSR count). The van der Waals surface area contributed by atoms with Crippen LogP contribution in [0.2, 0.25) is 0 Å². The molecule has 2 aromatic carbocycles. The van der Waals surface area contributed by atoms with E-state index < -0.39 is 58.0 Å². The first-order valence-electron chi connectivity index (χ1n) is 14.3. The number of phenols is 1. The van der Waals surface area contributed by atoms with Gasteiger partial charge in [-0.3, -0.25) is 19.3 Å². The van der Waals surface area contributed by atoms with Crippen LogP contribution >= 0.6 is 0 Å². The molecule has 44 heavy (non-hydrogen) atoms. The molecular weight excluding hydrogens is 566 g/mol. The number of hydrogen-bond donors (Lipinski definition) is 6. The van der Waals surface area contributed by atoms with Crippen molar-refractivity contribution in [3.8, 4) is 17.1 Å². The van der Waals surface area contributed by atoms with Crippen LogP contribution in [0.15, 0.2) is 81.7 Å². The summed E-state index contributed by atoms with van der Waals surface area (Å²) in [4.78, 5) is 41.1. The van der Waals surface area contributed by atoms with Crippen LogP contribution in [-0.4, -0.2) is 68.5 Å². The Morgan fingerprint density at radius 3 is 2.45 bits per heavy atom. The lowest BCUT2D eigenvalue weighted by atomic mass is 9.58. The third-order valence-corrected chi connectivity index (χ3v) is 9.00. The van der Waals surface area contributed by atoms with E-state index in [-0.39, 0.29) is 29.7 Å². The van der Waals surface area contributed by atoms with Crippen molar-refractivity contribution in [2.75, 3.05) is 14.1 Å². The van der Waals surface area contributed by atoms with Gasteiger partial charge in [0.2, 0.25) is 5.78 Å². The van der Waals surface area contributed by atoms with Crippen molar-refractivity contribution in [2.24, 2.45) is 17.6 Å². The minimum atomic E-state index is -2.68. The zero-order chi connectivity index (χ0) is 31.5. The van der Waals surface area contributed by atoms with Gasteiger partial charge in [-0.1, -0.05) is 30.3 Å². The van der Waals surface area contributed by atoms with E-state index in [1.54, 1.807) is 26.2 Å². The van der Waals surface area contributed by atoms with E-state index in [9.17, 15) is 34.8 Å². The van der Waals surface area contributed by atoms with E-state index in [1.165, 1.54) is 11.0 Å². The number of carbonyl (C=O) groups is 3. The van der Waals surface area contributed by atoms with Crippen molar-refractivity contribution < 1.29 is 39.2 Å². The van der Waals surface area contributed by atoms with Crippen molar-refractivity contribution in [3.05, 3.63) is 99.7 Å². The number of aliphatic hydroxyl groups is 3. The predicted molar refractivity (Wildman–Crippen MR) is 158 cm³/mol. The number of aromatic hydroxyl groups is 1. The van der Waals surface area contributed by atoms with Gasteiger partial charge < -0.3 is 35.9 Å². The number of allylic oxidation sites excluding steroid dienone is 1. The molecule has 4 atom stereocenters. The molecule has 0 spiro atoms. The topological polar surface area (TPSA) is 187 Å². The molecule has 11 heteroatoms. The van der Waals surface area contributed by atoms with E-state index in [0.29, 0.717) is 35.7 Å². The zero-order valence-corrected chi connectivity index (χ0v) is 24.2. The molecule has 0 radical (unpaired) electrons. The fourth-order valence-electron chi connectivity index (χ4n) is 7.03. The average molecular weight is 600 g/mol. The van der Waals surface area contributed by atoms with Crippen LogP contribution in [0, 0.1) is 11.8 Å². The van der Waals surface area contributed by atoms with Crippen molar-refractivity contribution in [2.45, 2.75) is 37.6 Å². The number of rotatable bonds is 7. The van der Waals surface area contributed by atoms with Gasteiger partial charge in [0.15, 0.2) is 11.4 Å². The van der Waals surface area contributed by atoms with Crippen LogP contribution in [-0.2, 0) is 29.1 Å². The van der Waals surface area contributed by atoms with Crippen molar-refractivity contribution >= 4 is 17.5 Å². The molecule has 1 heterocycles. The number of benzene rings is 2. The number of primary amides is 1. The minimum absolute atomic E-state index is 0.00761. The Kier molecular flexibility index (Phi) is 7.19. The molecule has 0 saturated carbocycles. The summed E-state index contributed by atoms with van der Waals surface area (Å²) in [7, 11) is 3.18. The normalized spacial score (nSPS) is 24.8. The number of nitrogens with two attached hydrogens (primary N) is 1. The highest BCUT2D eigenvalue weighted by atomic mass is 16.4. The Hall–Kier alpha value is -4.71. The number of nitrogens with one attached hydrogen (secondary N) is 1. The Morgan fingerprint density at radius 1 is 1.05 bits per heavy atom. The van der Waals surface area contributed by atoms with E-state index in [2.05, 4.69) is 5.32 Å². The lowest BCUT2D eigenvalue weighted by Crippen LogP contribution is -2.63. The molecule has 0 bridgehead atoms. The summed E-state index contributed by atoms with van der Waals surface area (Å²) in [5.74, 6) is -5.72. The highest BCUT2D eigenvalue weighted by Gasteiger charge is 2.63. The second kappa shape index (κ2) is 10.8. The number of Topliss-reactive ketones (excluding diaryl/α,β-unsaturated/α-hetero) is 2. The van der Waals surface area contributed by atoms with E-state index in [1.807, 2.05) is 36.4 Å². The van der Waals surface area contributed by atoms with Gasteiger partial charge in [0.05, 0.1) is 18.2 Å². The van der Waals surface area contributed by atoms with E-state index in [0.717, 1.165) is 5.56 Å². The summed E-state index contributed by atoms with van der Waals surface area (Å²) >= 11 is 0. The van der Waals surface area contributed by atoms with Crippen LogP contribution in [0.3, 0.4) is 0 Å². The summed E-state index contributed by atoms with van der Waals surface area (Å²) in [6.45, 7) is 1.11. The van der Waals surface area contributed by atoms with Crippen LogP contribution in [0.5, 0.6) is 5.75 Å². The van der Waals surface area contributed by atoms with Gasteiger partial charge in [-0.2, -0.15) is 0 Å². The van der Waals surface area contributed by atoms with Crippen molar-refractivity contribution in [1.29, 1.82) is 0 Å². The average Bonchev–Trinajstić information content (AvgIpc) is 3.44. The first-order chi connectivity index (χ1) is 20.9. The number of hydrogen-bond acceptors (Lipinski definition) is 10. The SMILES string of the molecule is CN(C)C1C(O)=C(C(N)=O)C(=O)[C@]2(O)C(O)=C3C(=O)c4c(O)ccc(-c5ccc(CNCc6ccccc6)o5)c4C[C@H]3C[C@H]12. The zero-order valence-electron chi connectivity index (χ0n) is 24.2. The van der Waals surface area contributed by atoms with Gasteiger partial charge >= 0.3 is 0 Å². The summed E-state index contributed by atoms with van der Waals surface area (Å²) in [5.41, 5.74) is 3.81. The second-order valence-corrected chi connectivity index (χ2v) is 11.8. The maximum atomic E-state index is 14.0. The van der Waals surface area contributed by atoms with Crippen LogP contribution in [0.25, 0.3) is 11.3 Å². The number of nitrogens with zero attached hydrogens (tertiary/aromatic N) is 1. The summed E-state index contributed by atoms with van der Waals surface area (Å²) in [6.07, 6.45) is 0.175. The molecule has 3 aliphatic carbocycles. The van der Waals surface area contributed by atoms with E-state index >= 15 is 0 Å². The second-order valence-electron chi connectivity index (χ2n) is 11.8. The van der Waals surface area contributed by atoms with Gasteiger partial charge in [0.25, 0.3) is 5.91 Å². The molecule has 1 aromatic heterocycles. The number of carbonyl (C=O) groups excluding carboxylic acids is 3. The maximum Gasteiger partial charge on any atom is 0.255 e. The monoisotopic (exact) mass is 599 g/mol. The lowest BCUT2D eigenvalue weighted by molar-refractivity contribution is -0.148. The minimum Gasteiger partial charge on any atom is -0.510 e. The smallest absolute Gasteiger partial charge is 0.255 e. The first kappa shape index (κ1) is 29.4. The largest absolute Gasteiger partial charge is 0.510 e. The maximum absolute atomic E-state index is 14.0. The van der Waals surface area contributed by atoms with E-state index in [4.69, 9.17) is 10.2 Å². The summed E-state index contributed by atoms with van der Waals surface area (Å²) in [6, 6.07) is 15.5. The lowest BCUT2D eigenvalue weighted by Gasteiger charge is -2.50. The number of furan rings is 1. The molecule has 0 saturated heterocycles. The fraction of sp³-hybridized carbons (Fsp3) is 0.303. The number of fused-ring (bicyclic) bond motifs is 3. The third kappa shape index (κ3) is 4.43. The highest BCUT2D eigenvalue weighted by molar-refractivity contribution is 6.24. The Balaban J connectivity index is 1.37. The molecule has 1 amide bonds. The van der Waals surface area contributed by atoms with Crippen LogP contribution in [0.1, 0.15) is 33.7 Å². The Morgan fingerprint density at radius 2 is 1.77 bits per heavy atom. The molecule has 11 nitrogen and oxygen atoms in total. The molecule has 3 aromatic rings. The predicted octanol–water partition coefficient (Wildman–Crippen LogP) is 2.67. The number of aliphatic hydroxyl groups excluding tert-OH is 2. The quantitative estimate of drug-likeness (QED) is 0.221. The highest BCUT2D eigenvalue weighted by Crippen LogP contribution is 2.53. The molecule has 3 aliphatic rings. The van der Waals surface area contributed by atoms with Gasteiger partial charge in [0.1, 0.15) is 34.4 Å². The number of likely N-dealkylation sites (N-methyl/N-ethyl adjacent to an activating group) is 1. The molecule has 228 valence electrons. The van der Waals surface area contributed by atoms with Gasteiger partial charge in [-0.05, 0) is 68.2 Å². The Labute approximate surface area is 252 Å². The summed E-state index contributed by atoms with van der Waals surface area (Å²) in [5, 5.41) is 48.3. The molecule has 0 fully saturated rings. The first-order valence-corrected chi connectivity index (χ1v) is 14.3. The number of ketones is 2. The molecule has 7 N–H and O–H groups in total. The van der Waals surface area contributed by atoms with Crippen molar-refractivity contribution in [1.82, 2.24) is 10.2 Å². The Bertz CT molecular complexity index is 1760. The van der Waals surface area contributed by atoms with Gasteiger partial charge in [-0.25, -0.2) is 0 Å². The summed E-state index contributed by atoms with van der Waals surface area (Å²) < 4.78 is 6.13. The van der Waals surface area contributed by atoms with Crippen molar-refractivity contribution in [3.63, 3.8) is 0 Å². The number of phenolic OH excluding ortho intramolecular Hbond substituents is 1. The fourth-order valence-corrected chi connectivity index (χ4v) is 7.03. The van der Waals surface area contributed by atoms with Crippen LogP contribution in [0.4, 0.5) is 0 Å². The van der Waals surface area contributed by atoms with Gasteiger partial charge in [-0.15, -0.1) is 0 Å².